The molecule has 20 heteroatoms. The molecule has 1 aromatic rings. The van der Waals surface area contributed by atoms with Crippen LogP contribution in [-0.2, 0) is 47.8 Å². The van der Waals surface area contributed by atoms with E-state index in [1.807, 2.05) is 6.92 Å². The van der Waals surface area contributed by atoms with E-state index in [0.717, 1.165) is 4.90 Å². The second-order valence-electron chi connectivity index (χ2n) is 14.2. The van der Waals surface area contributed by atoms with E-state index in [1.165, 1.54) is 39.2 Å². The van der Waals surface area contributed by atoms with Crippen molar-refractivity contribution in [3.8, 4) is 5.75 Å². The lowest BCUT2D eigenvalue weighted by Crippen LogP contribution is -2.65. The van der Waals surface area contributed by atoms with E-state index in [2.05, 4.69) is 20.9 Å². The highest BCUT2D eigenvalue weighted by Crippen LogP contribution is 2.25. The van der Waals surface area contributed by atoms with Gasteiger partial charge in [-0.1, -0.05) is 13.8 Å². The van der Waals surface area contributed by atoms with Gasteiger partial charge in [0, 0.05) is 45.5 Å². The fourth-order valence-corrected chi connectivity index (χ4v) is 6.14. The molecule has 1 unspecified atom stereocenters. The zero-order valence-electron chi connectivity index (χ0n) is 33.9. The fraction of sp³-hybridized carbons (Fsp3) is 0.684. The molecule has 0 saturated carbocycles. The van der Waals surface area contributed by atoms with Crippen LogP contribution >= 0.6 is 0 Å². The lowest BCUT2D eigenvalue weighted by atomic mass is 9.96. The summed E-state index contributed by atoms with van der Waals surface area (Å²) in [4.78, 5) is 93.7. The molecule has 0 spiro atoms. The number of primary amides is 1. The third-order valence-electron chi connectivity index (χ3n) is 8.98. The molecule has 2 heterocycles. The fourth-order valence-electron chi connectivity index (χ4n) is 6.14. The molecule has 0 radical (unpaired) electrons. The molecule has 1 aliphatic rings. The number of hydrogen-bond acceptors (Lipinski definition) is 15. The number of carbonyl (C=O) groups is 7. The van der Waals surface area contributed by atoms with Crippen molar-refractivity contribution in [2.24, 2.45) is 11.5 Å². The monoisotopic (exact) mass is 823 g/mol. The smallest absolute Gasteiger partial charge is 0.334 e. The Labute approximate surface area is 338 Å². The normalized spacial score (nSPS) is 21.0. The Kier molecular flexibility index (Phi) is 21.8. The highest BCUT2D eigenvalue weighted by molar-refractivity contribution is 5.90. The second kappa shape index (κ2) is 25.6. The van der Waals surface area contributed by atoms with Gasteiger partial charge < -0.3 is 61.5 Å². The van der Waals surface area contributed by atoms with E-state index in [-0.39, 0.29) is 43.9 Å². The predicted molar refractivity (Wildman–Crippen MR) is 206 cm³/mol. The third-order valence-corrected chi connectivity index (χ3v) is 8.98. The van der Waals surface area contributed by atoms with E-state index in [0.29, 0.717) is 38.6 Å². The number of nitrogens with two attached hydrogens (primary N) is 2. The Hall–Kier alpha value is -4.76. The summed E-state index contributed by atoms with van der Waals surface area (Å²) in [6, 6.07) is -1.85. The van der Waals surface area contributed by atoms with Gasteiger partial charge in [0.2, 0.25) is 29.5 Å². The van der Waals surface area contributed by atoms with E-state index in [9.17, 15) is 43.8 Å². The van der Waals surface area contributed by atoms with Crippen molar-refractivity contribution >= 4 is 41.5 Å². The quantitative estimate of drug-likeness (QED) is 0.0463. The van der Waals surface area contributed by atoms with Crippen LogP contribution in [0.3, 0.4) is 0 Å². The maximum Gasteiger partial charge on any atom is 0.334 e. The largest absolute Gasteiger partial charge is 0.463 e. The van der Waals surface area contributed by atoms with Crippen molar-refractivity contribution in [2.45, 2.75) is 147 Å². The lowest BCUT2D eigenvalue weighted by Gasteiger charge is -2.44. The van der Waals surface area contributed by atoms with Crippen LogP contribution in [0.2, 0.25) is 0 Å². The van der Waals surface area contributed by atoms with E-state index >= 15 is 0 Å². The van der Waals surface area contributed by atoms with Gasteiger partial charge >= 0.3 is 11.9 Å². The average molecular weight is 824 g/mol. The molecule has 20 nitrogen and oxygen atoms in total. The lowest BCUT2D eigenvalue weighted by molar-refractivity contribution is -0.269. The maximum atomic E-state index is 13.5. The van der Waals surface area contributed by atoms with Gasteiger partial charge in [0.25, 0.3) is 0 Å². The standard InChI is InChI=1S/C38H61N7O13/c1-6-11-29(47)42-18-9-8-14-26(37(53)57-25-13-10-17-41-19-25)44-30(48)16-15-27(35(40)51)45(36(52)23(4)39)20-22(3)56-34-32(43-24(5)46)38(54)58-28(33(34)50)21-55-31(49)12-7-2/h10,13,17,19,22-23,26-28,32-34,38,50,54H,6-9,11-12,14-16,18,20-21,39H2,1-5H3,(H2,40,51)(H,42,47)(H,43,46)(H,44,48)/t22?,23-,26-,27+,28+,32+,33+,34+,38-/m0/s1. The third kappa shape index (κ3) is 17.0. The number of aliphatic hydroxyl groups excluding tert-OH is 2. The van der Waals surface area contributed by atoms with Crippen molar-refractivity contribution in [3.63, 3.8) is 0 Å². The molecule has 1 aromatic heterocycles. The first-order valence-electron chi connectivity index (χ1n) is 19.6. The van der Waals surface area contributed by atoms with Crippen molar-refractivity contribution in [3.05, 3.63) is 24.5 Å². The van der Waals surface area contributed by atoms with Gasteiger partial charge in [-0.05, 0) is 64.5 Å². The summed E-state index contributed by atoms with van der Waals surface area (Å²) in [6.07, 6.45) is -1.90. The summed E-state index contributed by atoms with van der Waals surface area (Å²) in [5, 5.41) is 29.9. The zero-order valence-corrected chi connectivity index (χ0v) is 33.9. The van der Waals surface area contributed by atoms with Crippen molar-refractivity contribution in [1.29, 1.82) is 0 Å². The number of rotatable bonds is 25. The number of aliphatic hydroxyl groups is 2. The Morgan fingerprint density at radius 3 is 2.31 bits per heavy atom. The molecule has 0 aliphatic carbocycles. The Bertz CT molecular complexity index is 1500. The average Bonchev–Trinajstić information content (AvgIpc) is 3.15. The molecule has 9 N–H and O–H groups in total. The van der Waals surface area contributed by atoms with Crippen LogP contribution in [0, 0.1) is 0 Å². The number of nitrogens with zero attached hydrogens (tertiary/aromatic N) is 2. The Balaban J connectivity index is 2.22. The van der Waals surface area contributed by atoms with E-state index in [1.54, 1.807) is 13.0 Å². The molecular formula is C38H61N7O13. The topological polar surface area (TPSA) is 301 Å². The number of pyridine rings is 1. The van der Waals surface area contributed by atoms with Crippen LogP contribution in [0.4, 0.5) is 0 Å². The van der Waals surface area contributed by atoms with Crippen molar-refractivity contribution < 1.29 is 62.7 Å². The number of amides is 5. The van der Waals surface area contributed by atoms with Gasteiger partial charge in [-0.15, -0.1) is 0 Å². The summed E-state index contributed by atoms with van der Waals surface area (Å²) in [6.45, 7) is 7.31. The number of hydrogen-bond donors (Lipinski definition) is 7. The minimum atomic E-state index is -1.70. The van der Waals surface area contributed by atoms with Crippen LogP contribution in [-0.4, -0.2) is 136 Å². The first-order chi connectivity index (χ1) is 27.5. The van der Waals surface area contributed by atoms with Gasteiger partial charge in [0.15, 0.2) is 6.29 Å². The Morgan fingerprint density at radius 2 is 1.71 bits per heavy atom. The highest BCUT2D eigenvalue weighted by Gasteiger charge is 2.47. The minimum Gasteiger partial charge on any atom is -0.463 e. The van der Waals surface area contributed by atoms with Gasteiger partial charge in [-0.2, -0.15) is 0 Å². The van der Waals surface area contributed by atoms with Gasteiger partial charge in [0.05, 0.1) is 18.3 Å². The van der Waals surface area contributed by atoms with Gasteiger partial charge in [0.1, 0.15) is 48.8 Å². The minimum absolute atomic E-state index is 0.0883. The number of carbonyl (C=O) groups excluding carboxylic acids is 7. The summed E-state index contributed by atoms with van der Waals surface area (Å²) < 4.78 is 22.2. The highest BCUT2D eigenvalue weighted by atomic mass is 16.6. The molecule has 5 amide bonds. The molecule has 2 rings (SSSR count). The van der Waals surface area contributed by atoms with E-state index in [4.69, 9.17) is 30.4 Å². The maximum absolute atomic E-state index is 13.5. The second-order valence-corrected chi connectivity index (χ2v) is 14.2. The van der Waals surface area contributed by atoms with E-state index < -0.39 is 97.0 Å². The first kappa shape index (κ1) is 49.4. The number of unbranched alkanes of at least 4 members (excludes halogenated alkanes) is 1. The van der Waals surface area contributed by atoms with Crippen LogP contribution in [0.1, 0.15) is 92.4 Å². The summed E-state index contributed by atoms with van der Waals surface area (Å²) in [5.74, 6) is -4.19. The zero-order chi connectivity index (χ0) is 43.4. The van der Waals surface area contributed by atoms with Crippen molar-refractivity contribution in [1.82, 2.24) is 25.8 Å². The Morgan fingerprint density at radius 1 is 1.00 bits per heavy atom. The predicted octanol–water partition coefficient (Wildman–Crippen LogP) is -0.932. The SMILES string of the molecule is CCCC(=O)NCCCC[C@H](NC(=O)CC[C@H](C(N)=O)N(CC(C)O[C@H]1[C@H](O)[C@@H](COC(=O)CCC)O[C@H](O)[C@@H]1NC(C)=O)C(=O)[C@H](C)N)C(=O)Oc1cccnc1. The number of aromatic nitrogens is 1. The summed E-state index contributed by atoms with van der Waals surface area (Å²) in [5.41, 5.74) is 11.7. The summed E-state index contributed by atoms with van der Waals surface area (Å²) in [7, 11) is 0. The molecule has 1 fully saturated rings. The van der Waals surface area contributed by atoms with Gasteiger partial charge in [-0.25, -0.2) is 4.79 Å². The molecule has 326 valence electrons. The van der Waals surface area contributed by atoms with Crippen LogP contribution in [0.15, 0.2) is 24.5 Å². The molecule has 9 atom stereocenters. The molecule has 1 aliphatic heterocycles. The number of ether oxygens (including phenoxy) is 4. The van der Waals surface area contributed by atoms with Crippen LogP contribution in [0.5, 0.6) is 5.75 Å². The molecule has 0 bridgehead atoms. The van der Waals surface area contributed by atoms with Crippen LogP contribution < -0.4 is 32.2 Å². The molecule has 58 heavy (non-hydrogen) atoms. The molecular weight excluding hydrogens is 762 g/mol. The summed E-state index contributed by atoms with van der Waals surface area (Å²) >= 11 is 0. The molecule has 1 saturated heterocycles. The van der Waals surface area contributed by atoms with Gasteiger partial charge in [-0.3, -0.25) is 33.8 Å². The number of nitrogens with one attached hydrogen (secondary N) is 3. The van der Waals surface area contributed by atoms with Crippen molar-refractivity contribution in [2.75, 3.05) is 19.7 Å². The molecule has 0 aromatic carbocycles. The van der Waals surface area contributed by atoms with Crippen LogP contribution in [0.25, 0.3) is 0 Å². The first-order valence-corrected chi connectivity index (χ1v) is 19.6. The number of esters is 2.